The van der Waals surface area contributed by atoms with E-state index in [1.807, 2.05) is 60.0 Å². The van der Waals surface area contributed by atoms with Gasteiger partial charge in [0.15, 0.2) is 0 Å². The number of aromatic nitrogens is 2. The normalized spacial score (nSPS) is 10.8. The van der Waals surface area contributed by atoms with Gasteiger partial charge in [-0.15, -0.1) is 0 Å². The molecule has 0 fully saturated rings. The Balaban J connectivity index is 1.47. The number of carbonyl (C=O) groups excluding carboxylic acids is 1. The molecule has 2 aromatic carbocycles. The van der Waals surface area contributed by atoms with E-state index in [9.17, 15) is 4.79 Å². The van der Waals surface area contributed by atoms with E-state index >= 15 is 0 Å². The summed E-state index contributed by atoms with van der Waals surface area (Å²) in [6.45, 7) is 5.56. The first kappa shape index (κ1) is 18.0. The lowest BCUT2D eigenvalue weighted by Gasteiger charge is -2.10. The fourth-order valence-corrected chi connectivity index (χ4v) is 2.97. The molecule has 5 heteroatoms. The lowest BCUT2D eigenvalue weighted by molar-refractivity contribution is -0.121. The predicted octanol–water partition coefficient (Wildman–Crippen LogP) is 3.49. The molecule has 0 spiro atoms. The Morgan fingerprint density at radius 1 is 1.19 bits per heavy atom. The molecule has 136 valence electrons. The second-order valence-corrected chi connectivity index (χ2v) is 6.32. The summed E-state index contributed by atoms with van der Waals surface area (Å²) in [5.74, 6) is 1.80. The van der Waals surface area contributed by atoms with Gasteiger partial charge in [0.1, 0.15) is 18.1 Å². The van der Waals surface area contributed by atoms with Gasteiger partial charge >= 0.3 is 0 Å². The molecule has 1 heterocycles. The van der Waals surface area contributed by atoms with E-state index in [4.69, 9.17) is 4.74 Å². The minimum Gasteiger partial charge on any atom is -0.494 e. The molecule has 0 radical (unpaired) electrons. The van der Waals surface area contributed by atoms with Gasteiger partial charge in [-0.2, -0.15) is 0 Å². The minimum absolute atomic E-state index is 0.00147. The molecule has 0 aliphatic rings. The highest BCUT2D eigenvalue weighted by Crippen LogP contribution is 2.16. The third kappa shape index (κ3) is 4.42. The first-order valence-corrected chi connectivity index (χ1v) is 9.07. The molecule has 0 aliphatic carbocycles. The maximum atomic E-state index is 12.3. The Kier molecular flexibility index (Phi) is 5.89. The topological polar surface area (TPSA) is 56.2 Å². The highest BCUT2D eigenvalue weighted by Gasteiger charge is 2.11. The first-order valence-electron chi connectivity index (χ1n) is 9.07. The van der Waals surface area contributed by atoms with Crippen LogP contribution in [0.15, 0.2) is 48.5 Å². The van der Waals surface area contributed by atoms with Gasteiger partial charge in [-0.3, -0.25) is 4.79 Å². The van der Waals surface area contributed by atoms with Gasteiger partial charge in [-0.05, 0) is 43.2 Å². The number of hydrogen-bond donors (Lipinski definition) is 1. The predicted molar refractivity (Wildman–Crippen MR) is 103 cm³/mol. The smallest absolute Gasteiger partial charge is 0.240 e. The van der Waals surface area contributed by atoms with Crippen LogP contribution in [0.2, 0.25) is 0 Å². The van der Waals surface area contributed by atoms with Gasteiger partial charge < -0.3 is 14.6 Å². The quantitative estimate of drug-likeness (QED) is 0.632. The average molecular weight is 351 g/mol. The lowest BCUT2D eigenvalue weighted by atomic mass is 10.2. The number of carbonyl (C=O) groups is 1. The number of nitrogens with one attached hydrogen (secondary N) is 1. The Morgan fingerprint density at radius 3 is 2.85 bits per heavy atom. The number of rotatable bonds is 8. The number of ether oxygens (including phenoxy) is 1. The van der Waals surface area contributed by atoms with Crippen LogP contribution in [0.4, 0.5) is 0 Å². The summed E-state index contributed by atoms with van der Waals surface area (Å²) >= 11 is 0. The zero-order valence-electron chi connectivity index (χ0n) is 15.4. The third-order valence-corrected chi connectivity index (χ3v) is 4.25. The number of para-hydroxylation sites is 2. The Morgan fingerprint density at radius 2 is 2.04 bits per heavy atom. The molecule has 0 aliphatic heterocycles. The van der Waals surface area contributed by atoms with Crippen molar-refractivity contribution in [1.82, 2.24) is 14.9 Å². The molecule has 3 rings (SSSR count). The number of imidazole rings is 1. The summed E-state index contributed by atoms with van der Waals surface area (Å²) in [5, 5.41) is 2.97. The summed E-state index contributed by atoms with van der Waals surface area (Å²) in [4.78, 5) is 16.9. The van der Waals surface area contributed by atoms with Crippen LogP contribution in [0, 0.1) is 6.92 Å². The standard InChI is InChI=1S/C21H25N3O2/c1-3-20-23-18-10-4-5-11-19(18)24(20)15-21(25)22-12-7-13-26-17-9-6-8-16(2)14-17/h4-6,8-11,14H,3,7,12-13,15H2,1-2H3,(H,22,25). The van der Waals surface area contributed by atoms with Crippen molar-refractivity contribution >= 4 is 16.9 Å². The van der Waals surface area contributed by atoms with Gasteiger partial charge in [-0.1, -0.05) is 31.2 Å². The molecule has 3 aromatic rings. The summed E-state index contributed by atoms with van der Waals surface area (Å²) in [6.07, 6.45) is 1.57. The van der Waals surface area contributed by atoms with Crippen LogP contribution in [0.25, 0.3) is 11.0 Å². The van der Waals surface area contributed by atoms with E-state index in [1.165, 1.54) is 5.56 Å². The van der Waals surface area contributed by atoms with Gasteiger partial charge in [0.25, 0.3) is 0 Å². The second kappa shape index (κ2) is 8.52. The van der Waals surface area contributed by atoms with Crippen molar-refractivity contribution in [3.63, 3.8) is 0 Å². The molecule has 26 heavy (non-hydrogen) atoms. The number of fused-ring (bicyclic) bond motifs is 1. The van der Waals surface area contributed by atoms with Crippen LogP contribution in [0.5, 0.6) is 5.75 Å². The molecule has 0 unspecified atom stereocenters. The van der Waals surface area contributed by atoms with Crippen LogP contribution in [0.3, 0.4) is 0 Å². The maximum absolute atomic E-state index is 12.3. The highest BCUT2D eigenvalue weighted by molar-refractivity contribution is 5.81. The molecule has 0 saturated heterocycles. The summed E-state index contributed by atoms with van der Waals surface area (Å²) in [5.41, 5.74) is 3.11. The van der Waals surface area contributed by atoms with Crippen molar-refractivity contribution in [2.75, 3.05) is 13.2 Å². The van der Waals surface area contributed by atoms with Crippen LogP contribution in [-0.4, -0.2) is 28.6 Å². The van der Waals surface area contributed by atoms with Gasteiger partial charge in [0.2, 0.25) is 5.91 Å². The molecular formula is C21H25N3O2. The van der Waals surface area contributed by atoms with Crippen molar-refractivity contribution in [2.45, 2.75) is 33.2 Å². The fourth-order valence-electron chi connectivity index (χ4n) is 2.97. The largest absolute Gasteiger partial charge is 0.494 e. The molecule has 1 aromatic heterocycles. The molecule has 0 atom stereocenters. The summed E-state index contributed by atoms with van der Waals surface area (Å²) < 4.78 is 7.70. The van der Waals surface area contributed by atoms with Crippen LogP contribution in [-0.2, 0) is 17.8 Å². The van der Waals surface area contributed by atoms with E-state index in [2.05, 4.69) is 17.2 Å². The molecular weight excluding hydrogens is 326 g/mol. The van der Waals surface area contributed by atoms with Crippen molar-refractivity contribution < 1.29 is 9.53 Å². The number of aryl methyl sites for hydroxylation is 2. The van der Waals surface area contributed by atoms with Gasteiger partial charge in [0.05, 0.1) is 17.6 Å². The Hall–Kier alpha value is -2.82. The van der Waals surface area contributed by atoms with Crippen molar-refractivity contribution in [2.24, 2.45) is 0 Å². The average Bonchev–Trinajstić information content (AvgIpc) is 2.99. The van der Waals surface area contributed by atoms with E-state index in [-0.39, 0.29) is 5.91 Å². The zero-order chi connectivity index (χ0) is 18.4. The van der Waals surface area contributed by atoms with Crippen LogP contribution in [0.1, 0.15) is 24.7 Å². The Labute approximate surface area is 154 Å². The first-order chi connectivity index (χ1) is 12.7. The van der Waals surface area contributed by atoms with Crippen molar-refractivity contribution in [3.05, 3.63) is 59.9 Å². The van der Waals surface area contributed by atoms with Gasteiger partial charge in [-0.25, -0.2) is 4.98 Å². The summed E-state index contributed by atoms with van der Waals surface area (Å²) in [6, 6.07) is 15.9. The molecule has 5 nitrogen and oxygen atoms in total. The molecule has 1 amide bonds. The fraction of sp³-hybridized carbons (Fsp3) is 0.333. The van der Waals surface area contributed by atoms with E-state index in [0.29, 0.717) is 19.7 Å². The van der Waals surface area contributed by atoms with Gasteiger partial charge in [0, 0.05) is 13.0 Å². The van der Waals surface area contributed by atoms with E-state index in [0.717, 1.165) is 35.4 Å². The third-order valence-electron chi connectivity index (χ3n) is 4.25. The maximum Gasteiger partial charge on any atom is 0.240 e. The van der Waals surface area contributed by atoms with Crippen LogP contribution >= 0.6 is 0 Å². The number of amides is 1. The van der Waals surface area contributed by atoms with Crippen LogP contribution < -0.4 is 10.1 Å². The van der Waals surface area contributed by atoms with E-state index in [1.54, 1.807) is 0 Å². The number of nitrogens with zero attached hydrogens (tertiary/aromatic N) is 2. The highest BCUT2D eigenvalue weighted by atomic mass is 16.5. The number of hydrogen-bond acceptors (Lipinski definition) is 3. The molecule has 0 bridgehead atoms. The molecule has 0 saturated carbocycles. The van der Waals surface area contributed by atoms with Crippen molar-refractivity contribution in [1.29, 1.82) is 0 Å². The lowest BCUT2D eigenvalue weighted by Crippen LogP contribution is -2.29. The summed E-state index contributed by atoms with van der Waals surface area (Å²) in [7, 11) is 0. The SMILES string of the molecule is CCc1nc2ccccc2n1CC(=O)NCCCOc1cccc(C)c1. The monoisotopic (exact) mass is 351 g/mol. The minimum atomic E-state index is -0.00147. The Bertz CT molecular complexity index is 886. The molecule has 1 N–H and O–H groups in total. The zero-order valence-corrected chi connectivity index (χ0v) is 15.4. The second-order valence-electron chi connectivity index (χ2n) is 6.32. The number of benzene rings is 2. The van der Waals surface area contributed by atoms with Crippen molar-refractivity contribution in [3.8, 4) is 5.75 Å². The van der Waals surface area contributed by atoms with E-state index < -0.39 is 0 Å².